The van der Waals surface area contributed by atoms with Crippen LogP contribution in [0.15, 0.2) is 30.3 Å². The molecular weight excluding hydrogens is 220 g/mol. The minimum atomic E-state index is 0.798. The lowest BCUT2D eigenvalue weighted by molar-refractivity contribution is 0.130. The predicted octanol–water partition coefficient (Wildman–Crippen LogP) is 3.04. The molecule has 0 aliphatic carbocycles. The minimum absolute atomic E-state index is 0.798. The van der Waals surface area contributed by atoms with Crippen LogP contribution in [0.2, 0.25) is 0 Å². The highest BCUT2D eigenvalue weighted by Crippen LogP contribution is 2.22. The van der Waals surface area contributed by atoms with Crippen molar-refractivity contribution >= 4 is 0 Å². The summed E-state index contributed by atoms with van der Waals surface area (Å²) in [7, 11) is 2.04. The van der Waals surface area contributed by atoms with Gasteiger partial charge in [-0.2, -0.15) is 0 Å². The summed E-state index contributed by atoms with van der Waals surface area (Å²) in [5, 5.41) is 3.25. The molecule has 0 aromatic heterocycles. The first-order valence-electron chi connectivity index (χ1n) is 7.32. The molecule has 18 heavy (non-hydrogen) atoms. The smallest absolute Gasteiger partial charge is 0.0236 e. The van der Waals surface area contributed by atoms with Gasteiger partial charge in [-0.25, -0.2) is 0 Å². The summed E-state index contributed by atoms with van der Waals surface area (Å²) in [5.41, 5.74) is 1.46. The first-order valence-corrected chi connectivity index (χ1v) is 7.32. The molecule has 1 N–H and O–H groups in total. The molecule has 1 atom stereocenters. The third-order valence-electron chi connectivity index (χ3n) is 3.94. The summed E-state index contributed by atoms with van der Waals surface area (Å²) in [5.74, 6) is 0. The van der Waals surface area contributed by atoms with Gasteiger partial charge in [0.25, 0.3) is 0 Å². The average Bonchev–Trinajstić information content (AvgIpc) is 2.42. The molecule has 1 aliphatic heterocycles. The highest BCUT2D eigenvalue weighted by Gasteiger charge is 2.21. The highest BCUT2D eigenvalue weighted by molar-refractivity contribution is 5.14. The predicted molar refractivity (Wildman–Crippen MR) is 77.7 cm³/mol. The fourth-order valence-corrected chi connectivity index (χ4v) is 2.93. The molecule has 1 unspecified atom stereocenters. The van der Waals surface area contributed by atoms with Gasteiger partial charge in [0, 0.05) is 12.6 Å². The second-order valence-electron chi connectivity index (χ2n) is 5.35. The van der Waals surface area contributed by atoms with Crippen molar-refractivity contribution in [3.8, 4) is 0 Å². The van der Waals surface area contributed by atoms with E-state index in [1.54, 1.807) is 0 Å². The molecule has 0 amide bonds. The van der Waals surface area contributed by atoms with Crippen LogP contribution in [-0.4, -0.2) is 31.1 Å². The van der Waals surface area contributed by atoms with Gasteiger partial charge >= 0.3 is 0 Å². The second-order valence-corrected chi connectivity index (χ2v) is 5.35. The Balaban J connectivity index is 1.87. The van der Waals surface area contributed by atoms with Gasteiger partial charge in [0.15, 0.2) is 0 Å². The Kier molecular flexibility index (Phi) is 5.69. The van der Waals surface area contributed by atoms with Gasteiger partial charge in [0.2, 0.25) is 0 Å². The summed E-state index contributed by atoms with van der Waals surface area (Å²) in [6.07, 6.45) is 6.81. The van der Waals surface area contributed by atoms with Crippen molar-refractivity contribution in [3.63, 3.8) is 0 Å². The van der Waals surface area contributed by atoms with E-state index >= 15 is 0 Å². The first kappa shape index (κ1) is 13.6. The van der Waals surface area contributed by atoms with Gasteiger partial charge < -0.3 is 5.32 Å². The van der Waals surface area contributed by atoms with Crippen molar-refractivity contribution in [2.24, 2.45) is 0 Å². The summed E-state index contributed by atoms with van der Waals surface area (Å²) in [6, 6.07) is 11.7. The van der Waals surface area contributed by atoms with E-state index in [1.807, 2.05) is 7.05 Å². The molecule has 1 aromatic carbocycles. The fourth-order valence-electron chi connectivity index (χ4n) is 2.93. The van der Waals surface area contributed by atoms with Crippen molar-refractivity contribution in [1.82, 2.24) is 10.2 Å². The van der Waals surface area contributed by atoms with Crippen LogP contribution in [0.5, 0.6) is 0 Å². The van der Waals surface area contributed by atoms with Crippen LogP contribution in [0, 0.1) is 0 Å². The minimum Gasteiger partial charge on any atom is -0.320 e. The van der Waals surface area contributed by atoms with Gasteiger partial charge in [0.1, 0.15) is 0 Å². The summed E-state index contributed by atoms with van der Waals surface area (Å²) in [6.45, 7) is 3.56. The number of nitrogens with one attached hydrogen (secondary N) is 1. The topological polar surface area (TPSA) is 15.3 Å². The van der Waals surface area contributed by atoms with E-state index in [0.717, 1.165) is 19.1 Å². The molecule has 0 saturated carbocycles. The summed E-state index contributed by atoms with van der Waals surface area (Å²) in [4.78, 5) is 2.69. The van der Waals surface area contributed by atoms with Crippen LogP contribution in [0.3, 0.4) is 0 Å². The Morgan fingerprint density at radius 1 is 1.22 bits per heavy atom. The molecule has 1 aliphatic rings. The van der Waals surface area contributed by atoms with Crippen molar-refractivity contribution in [3.05, 3.63) is 35.9 Å². The SMILES string of the molecule is CNCCCC1CCCCN1Cc1ccccc1. The zero-order valence-electron chi connectivity index (χ0n) is 11.6. The highest BCUT2D eigenvalue weighted by atomic mass is 15.2. The molecule has 1 aromatic rings. The first-order chi connectivity index (χ1) is 8.90. The Labute approximate surface area is 111 Å². The van der Waals surface area contributed by atoms with Crippen LogP contribution in [0.1, 0.15) is 37.7 Å². The molecular formula is C16H26N2. The Hall–Kier alpha value is -0.860. The summed E-state index contributed by atoms with van der Waals surface area (Å²) >= 11 is 0. The second kappa shape index (κ2) is 7.55. The molecule has 1 fully saturated rings. The number of benzene rings is 1. The Bertz CT molecular complexity index is 323. The van der Waals surface area contributed by atoms with Crippen LogP contribution in [-0.2, 0) is 6.54 Å². The van der Waals surface area contributed by atoms with E-state index in [9.17, 15) is 0 Å². The maximum Gasteiger partial charge on any atom is 0.0236 e. The van der Waals surface area contributed by atoms with E-state index in [4.69, 9.17) is 0 Å². The largest absolute Gasteiger partial charge is 0.320 e. The lowest BCUT2D eigenvalue weighted by atomic mass is 9.97. The normalized spacial score (nSPS) is 21.1. The van der Waals surface area contributed by atoms with E-state index < -0.39 is 0 Å². The van der Waals surface area contributed by atoms with Gasteiger partial charge in [-0.15, -0.1) is 0 Å². The maximum atomic E-state index is 3.25. The van der Waals surface area contributed by atoms with Gasteiger partial charge in [0.05, 0.1) is 0 Å². The molecule has 2 rings (SSSR count). The molecule has 2 heteroatoms. The van der Waals surface area contributed by atoms with Crippen molar-refractivity contribution in [2.45, 2.75) is 44.7 Å². The lowest BCUT2D eigenvalue weighted by Crippen LogP contribution is -2.39. The van der Waals surface area contributed by atoms with E-state index in [2.05, 4.69) is 40.5 Å². The van der Waals surface area contributed by atoms with Crippen LogP contribution >= 0.6 is 0 Å². The van der Waals surface area contributed by atoms with Crippen LogP contribution in [0.4, 0.5) is 0 Å². The van der Waals surface area contributed by atoms with Gasteiger partial charge in [-0.3, -0.25) is 4.90 Å². The quantitative estimate of drug-likeness (QED) is 0.776. The van der Waals surface area contributed by atoms with Crippen molar-refractivity contribution in [1.29, 1.82) is 0 Å². The van der Waals surface area contributed by atoms with Crippen LogP contribution < -0.4 is 5.32 Å². The zero-order chi connectivity index (χ0) is 12.6. The van der Waals surface area contributed by atoms with E-state index in [-0.39, 0.29) is 0 Å². The maximum absolute atomic E-state index is 3.25. The monoisotopic (exact) mass is 246 g/mol. The number of hydrogen-bond acceptors (Lipinski definition) is 2. The van der Waals surface area contributed by atoms with Crippen LogP contribution in [0.25, 0.3) is 0 Å². The van der Waals surface area contributed by atoms with E-state index in [1.165, 1.54) is 44.2 Å². The zero-order valence-corrected chi connectivity index (χ0v) is 11.6. The molecule has 2 nitrogen and oxygen atoms in total. The third-order valence-corrected chi connectivity index (χ3v) is 3.94. The van der Waals surface area contributed by atoms with Crippen molar-refractivity contribution in [2.75, 3.05) is 20.1 Å². The molecule has 0 radical (unpaired) electrons. The molecule has 1 saturated heterocycles. The Morgan fingerprint density at radius 3 is 2.83 bits per heavy atom. The molecule has 1 heterocycles. The average molecular weight is 246 g/mol. The van der Waals surface area contributed by atoms with Gasteiger partial charge in [-0.1, -0.05) is 36.8 Å². The van der Waals surface area contributed by atoms with Gasteiger partial charge in [-0.05, 0) is 51.4 Å². The molecule has 0 spiro atoms. The van der Waals surface area contributed by atoms with Crippen molar-refractivity contribution < 1.29 is 0 Å². The molecule has 0 bridgehead atoms. The standard InChI is InChI=1S/C16H26N2/c1-17-12-7-11-16-10-5-6-13-18(16)14-15-8-3-2-4-9-15/h2-4,8-9,16-17H,5-7,10-14H2,1H3. The number of nitrogens with zero attached hydrogens (tertiary/aromatic N) is 1. The third kappa shape index (κ3) is 4.11. The Morgan fingerprint density at radius 2 is 2.06 bits per heavy atom. The number of likely N-dealkylation sites (tertiary alicyclic amines) is 1. The fraction of sp³-hybridized carbons (Fsp3) is 0.625. The number of hydrogen-bond donors (Lipinski definition) is 1. The lowest BCUT2D eigenvalue weighted by Gasteiger charge is -2.36. The molecule has 100 valence electrons. The number of piperidine rings is 1. The van der Waals surface area contributed by atoms with E-state index in [0.29, 0.717) is 0 Å². The number of rotatable bonds is 6. The summed E-state index contributed by atoms with van der Waals surface area (Å²) < 4.78 is 0.